The van der Waals surface area contributed by atoms with Crippen molar-refractivity contribution >= 4 is 33.4 Å². The summed E-state index contributed by atoms with van der Waals surface area (Å²) in [5.41, 5.74) is 1.38. The molecule has 0 unspecified atom stereocenters. The summed E-state index contributed by atoms with van der Waals surface area (Å²) >= 11 is 0. The fourth-order valence-electron chi connectivity index (χ4n) is 3.16. The Morgan fingerprint density at radius 1 is 0.933 bits per heavy atom. The van der Waals surface area contributed by atoms with E-state index in [0.29, 0.717) is 35.9 Å². The lowest BCUT2D eigenvalue weighted by molar-refractivity contribution is 0.102. The Balaban J connectivity index is 1.64. The van der Waals surface area contributed by atoms with E-state index in [1.54, 1.807) is 36.4 Å². The maximum absolute atomic E-state index is 12.8. The fourth-order valence-corrected chi connectivity index (χ4v) is 4.63. The summed E-state index contributed by atoms with van der Waals surface area (Å²) in [6, 6.07) is 12.5. The smallest absolute Gasteiger partial charge is 0.411 e. The van der Waals surface area contributed by atoms with Gasteiger partial charge in [0.1, 0.15) is 0 Å². The molecule has 2 aromatic rings. The number of ether oxygens (including phenoxy) is 1. The van der Waals surface area contributed by atoms with E-state index >= 15 is 0 Å². The first-order chi connectivity index (χ1) is 14.3. The summed E-state index contributed by atoms with van der Waals surface area (Å²) in [6.07, 6.45) is 1.13. The van der Waals surface area contributed by atoms with Gasteiger partial charge in [-0.25, -0.2) is 13.2 Å². The summed E-state index contributed by atoms with van der Waals surface area (Å²) in [6.45, 7) is 3.19. The first kappa shape index (κ1) is 21.8. The van der Waals surface area contributed by atoms with Gasteiger partial charge in [-0.15, -0.1) is 0 Å². The predicted octanol–water partition coefficient (Wildman–Crippen LogP) is 3.54. The normalized spacial score (nSPS) is 15.4. The number of benzene rings is 2. The average molecular weight is 432 g/mol. The van der Waals surface area contributed by atoms with E-state index < -0.39 is 16.1 Å². The number of hydrogen-bond acceptors (Lipinski definition) is 5. The molecule has 0 atom stereocenters. The Labute approximate surface area is 176 Å². The molecule has 2 aromatic carbocycles. The fraction of sp³-hybridized carbons (Fsp3) is 0.333. The van der Waals surface area contributed by atoms with Crippen LogP contribution in [0.15, 0.2) is 53.4 Å². The molecule has 0 spiro atoms. The van der Waals surface area contributed by atoms with Gasteiger partial charge < -0.3 is 10.1 Å². The van der Waals surface area contributed by atoms with Gasteiger partial charge in [0.15, 0.2) is 0 Å². The molecular weight excluding hydrogens is 406 g/mol. The third kappa shape index (κ3) is 5.17. The van der Waals surface area contributed by atoms with Crippen molar-refractivity contribution in [1.82, 2.24) is 4.31 Å². The highest BCUT2D eigenvalue weighted by atomic mass is 32.2. The van der Waals surface area contributed by atoms with Crippen LogP contribution in [-0.4, -0.2) is 44.9 Å². The number of rotatable bonds is 5. The largest absolute Gasteiger partial charge is 0.453 e. The number of nitrogens with zero attached hydrogens (tertiary/aromatic N) is 1. The summed E-state index contributed by atoms with van der Waals surface area (Å²) in [5.74, 6) is 0.194. The highest BCUT2D eigenvalue weighted by Crippen LogP contribution is 2.24. The topological polar surface area (TPSA) is 105 Å². The molecule has 0 aliphatic carbocycles. The van der Waals surface area contributed by atoms with Crippen LogP contribution < -0.4 is 10.6 Å². The van der Waals surface area contributed by atoms with Crippen molar-refractivity contribution in [2.75, 3.05) is 30.8 Å². The number of carbonyl (C=O) groups is 2. The van der Waals surface area contributed by atoms with Crippen LogP contribution in [0.5, 0.6) is 0 Å². The Hall–Kier alpha value is -2.91. The van der Waals surface area contributed by atoms with Crippen LogP contribution in [0.25, 0.3) is 0 Å². The molecule has 0 radical (unpaired) electrons. The van der Waals surface area contributed by atoms with E-state index in [9.17, 15) is 18.0 Å². The van der Waals surface area contributed by atoms with E-state index in [1.807, 2.05) is 0 Å². The third-order valence-corrected chi connectivity index (χ3v) is 6.98. The number of anilines is 2. The zero-order valence-corrected chi connectivity index (χ0v) is 17.7. The molecule has 1 aliphatic heterocycles. The molecule has 1 aliphatic rings. The van der Waals surface area contributed by atoms with Crippen molar-refractivity contribution < 1.29 is 22.7 Å². The van der Waals surface area contributed by atoms with Crippen molar-refractivity contribution in [3.63, 3.8) is 0 Å². The molecule has 1 heterocycles. The van der Waals surface area contributed by atoms with E-state index in [1.165, 1.54) is 23.5 Å². The number of hydrogen-bond donors (Lipinski definition) is 2. The summed E-state index contributed by atoms with van der Waals surface area (Å²) in [4.78, 5) is 23.8. The van der Waals surface area contributed by atoms with Gasteiger partial charge in [-0.3, -0.25) is 10.1 Å². The minimum atomic E-state index is -3.52. The predicted molar refractivity (Wildman–Crippen MR) is 114 cm³/mol. The molecule has 1 saturated heterocycles. The van der Waals surface area contributed by atoms with Crippen LogP contribution in [0.3, 0.4) is 0 Å². The molecule has 1 fully saturated rings. The zero-order chi connectivity index (χ0) is 21.7. The second-order valence-corrected chi connectivity index (χ2v) is 9.20. The third-order valence-electron chi connectivity index (χ3n) is 5.07. The number of amides is 2. The molecule has 9 heteroatoms. The first-order valence-corrected chi connectivity index (χ1v) is 11.1. The maximum atomic E-state index is 12.8. The van der Waals surface area contributed by atoms with Crippen LogP contribution in [0.1, 0.15) is 30.1 Å². The lowest BCUT2D eigenvalue weighted by Crippen LogP contribution is -2.37. The Morgan fingerprint density at radius 3 is 2.03 bits per heavy atom. The SMILES string of the molecule is COC(=O)Nc1ccc(C(=O)Nc2ccc(S(=O)(=O)N3CCC(C)CC3)cc2)cc1. The van der Waals surface area contributed by atoms with E-state index in [0.717, 1.165) is 12.8 Å². The molecule has 0 aromatic heterocycles. The van der Waals surface area contributed by atoms with E-state index in [-0.39, 0.29) is 10.8 Å². The first-order valence-electron chi connectivity index (χ1n) is 9.66. The van der Waals surface area contributed by atoms with Crippen LogP contribution >= 0.6 is 0 Å². The van der Waals surface area contributed by atoms with Gasteiger partial charge in [-0.2, -0.15) is 4.31 Å². The molecule has 2 N–H and O–H groups in total. The van der Waals surface area contributed by atoms with Crippen LogP contribution in [0.2, 0.25) is 0 Å². The monoisotopic (exact) mass is 431 g/mol. The number of piperidine rings is 1. The van der Waals surface area contributed by atoms with Crippen molar-refractivity contribution in [2.45, 2.75) is 24.7 Å². The molecule has 3 rings (SSSR count). The minimum absolute atomic E-state index is 0.216. The van der Waals surface area contributed by atoms with E-state index in [2.05, 4.69) is 22.3 Å². The van der Waals surface area contributed by atoms with Crippen LogP contribution in [0.4, 0.5) is 16.2 Å². The summed E-state index contributed by atoms with van der Waals surface area (Å²) in [7, 11) is -2.26. The van der Waals surface area contributed by atoms with Crippen molar-refractivity contribution in [3.8, 4) is 0 Å². The Kier molecular flexibility index (Phi) is 6.73. The van der Waals surface area contributed by atoms with Crippen molar-refractivity contribution in [3.05, 3.63) is 54.1 Å². The molecular formula is C21H25N3O5S. The van der Waals surface area contributed by atoms with Crippen molar-refractivity contribution in [2.24, 2.45) is 5.92 Å². The van der Waals surface area contributed by atoms with Gasteiger partial charge in [0, 0.05) is 30.0 Å². The minimum Gasteiger partial charge on any atom is -0.453 e. The highest BCUT2D eigenvalue weighted by Gasteiger charge is 2.27. The summed E-state index contributed by atoms with van der Waals surface area (Å²) < 4.78 is 31.6. The number of carbonyl (C=O) groups excluding carboxylic acids is 2. The molecule has 0 bridgehead atoms. The van der Waals surface area contributed by atoms with Crippen molar-refractivity contribution in [1.29, 1.82) is 0 Å². The Morgan fingerprint density at radius 2 is 1.47 bits per heavy atom. The number of methoxy groups -OCH3 is 1. The van der Waals surface area contributed by atoms with Gasteiger partial charge >= 0.3 is 6.09 Å². The van der Waals surface area contributed by atoms with Gasteiger partial charge in [-0.1, -0.05) is 6.92 Å². The lowest BCUT2D eigenvalue weighted by Gasteiger charge is -2.29. The highest BCUT2D eigenvalue weighted by molar-refractivity contribution is 7.89. The summed E-state index contributed by atoms with van der Waals surface area (Å²) in [5, 5.41) is 5.24. The number of sulfonamides is 1. The van der Waals surface area contributed by atoms with Crippen LogP contribution in [0, 0.1) is 5.92 Å². The standard InChI is InChI=1S/C21H25N3O5S/c1-15-11-13-24(14-12-15)30(27,28)19-9-7-17(8-10-19)22-20(25)16-3-5-18(6-4-16)23-21(26)29-2/h3-10,15H,11-14H2,1-2H3,(H,22,25)(H,23,26). The molecule has 160 valence electrons. The lowest BCUT2D eigenvalue weighted by atomic mass is 10.0. The molecule has 8 nitrogen and oxygen atoms in total. The molecule has 30 heavy (non-hydrogen) atoms. The zero-order valence-electron chi connectivity index (χ0n) is 16.9. The van der Waals surface area contributed by atoms with Gasteiger partial charge in [0.05, 0.1) is 12.0 Å². The van der Waals surface area contributed by atoms with Gasteiger partial charge in [-0.05, 0) is 67.3 Å². The average Bonchev–Trinajstić information content (AvgIpc) is 2.75. The van der Waals surface area contributed by atoms with Gasteiger partial charge in [0.2, 0.25) is 10.0 Å². The molecule has 2 amide bonds. The second-order valence-electron chi connectivity index (χ2n) is 7.26. The molecule has 0 saturated carbocycles. The van der Waals surface area contributed by atoms with Gasteiger partial charge in [0.25, 0.3) is 5.91 Å². The van der Waals surface area contributed by atoms with E-state index in [4.69, 9.17) is 0 Å². The maximum Gasteiger partial charge on any atom is 0.411 e. The number of nitrogens with one attached hydrogen (secondary N) is 2. The quantitative estimate of drug-likeness (QED) is 0.753. The second kappa shape index (κ2) is 9.27. The Bertz CT molecular complexity index is 996. The van der Waals surface area contributed by atoms with Crippen LogP contribution in [-0.2, 0) is 14.8 Å².